The molecule has 13 heavy (non-hydrogen) atoms. The molecule has 1 heterocycles. The summed E-state index contributed by atoms with van der Waals surface area (Å²) in [4.78, 5) is 7.26. The van der Waals surface area contributed by atoms with E-state index in [2.05, 4.69) is 9.97 Å². The second-order valence-electron chi connectivity index (χ2n) is 1.97. The number of halogens is 3. The predicted molar refractivity (Wildman–Crippen MR) is 49.6 cm³/mol. The molecule has 0 saturated carbocycles. The summed E-state index contributed by atoms with van der Waals surface area (Å²) in [5.74, 6) is 0.0701. The molecule has 72 valence electrons. The minimum Gasteiger partial charge on any atom is -0.474 e. The molecule has 0 fully saturated rings. The number of nitrogens with zero attached hydrogens (tertiary/aromatic N) is 2. The molecule has 0 aliphatic carbocycles. The molecule has 0 saturated heterocycles. The minimum absolute atomic E-state index is 0.0228. The molecule has 0 bridgehead atoms. The van der Waals surface area contributed by atoms with Gasteiger partial charge in [-0.3, -0.25) is 0 Å². The Morgan fingerprint density at radius 2 is 1.92 bits per heavy atom. The summed E-state index contributed by atoms with van der Waals surface area (Å²) in [5.41, 5.74) is 0. The second-order valence-corrected chi connectivity index (χ2v) is 3.05. The molecule has 1 aromatic rings. The average Bonchev–Trinajstić information content (AvgIpc) is 2.09. The lowest BCUT2D eigenvalue weighted by molar-refractivity contribution is 0.196. The van der Waals surface area contributed by atoms with E-state index in [1.54, 1.807) is 0 Å². The van der Waals surface area contributed by atoms with Gasteiger partial charge in [0, 0.05) is 0 Å². The molecule has 7 heteroatoms. The molecule has 4 nitrogen and oxygen atoms in total. The third kappa shape index (κ3) is 2.84. The standard InChI is InChI=1S/C6H5Cl3N2O2/c7-3-4(8)10-6(9)11-5(3)13-2-1-12/h12H,1-2H2. The molecule has 0 unspecified atom stereocenters. The smallest absolute Gasteiger partial charge is 0.238 e. The molecular formula is C6H5Cl3N2O2. The summed E-state index contributed by atoms with van der Waals surface area (Å²) in [6.07, 6.45) is 0. The average molecular weight is 243 g/mol. The maximum absolute atomic E-state index is 8.48. The molecule has 1 aromatic heterocycles. The normalized spacial score (nSPS) is 10.2. The van der Waals surface area contributed by atoms with E-state index in [9.17, 15) is 0 Å². The summed E-state index contributed by atoms with van der Waals surface area (Å²) in [5, 5.41) is 8.53. The summed E-state index contributed by atoms with van der Waals surface area (Å²) in [6.45, 7) is -0.0705. The van der Waals surface area contributed by atoms with E-state index in [-0.39, 0.29) is 34.6 Å². The van der Waals surface area contributed by atoms with Gasteiger partial charge in [0.1, 0.15) is 11.6 Å². The number of aliphatic hydroxyl groups is 1. The number of aromatic nitrogens is 2. The van der Waals surface area contributed by atoms with Gasteiger partial charge in [-0.2, -0.15) is 4.98 Å². The van der Waals surface area contributed by atoms with Crippen LogP contribution >= 0.6 is 34.8 Å². The summed E-state index contributed by atoms with van der Waals surface area (Å²) < 4.78 is 4.95. The van der Waals surface area contributed by atoms with Crippen molar-refractivity contribution < 1.29 is 9.84 Å². The van der Waals surface area contributed by atoms with Crippen LogP contribution in [-0.4, -0.2) is 28.3 Å². The molecule has 0 spiro atoms. The van der Waals surface area contributed by atoms with Crippen molar-refractivity contribution >= 4 is 34.8 Å². The van der Waals surface area contributed by atoms with Crippen molar-refractivity contribution in [2.75, 3.05) is 13.2 Å². The first-order chi connectivity index (χ1) is 6.15. The topological polar surface area (TPSA) is 55.2 Å². The zero-order valence-corrected chi connectivity index (χ0v) is 8.57. The molecule has 0 radical (unpaired) electrons. The molecule has 0 amide bonds. The van der Waals surface area contributed by atoms with E-state index in [4.69, 9.17) is 44.6 Å². The molecule has 0 aliphatic heterocycles. The Balaban J connectivity index is 2.92. The lowest BCUT2D eigenvalue weighted by Gasteiger charge is -2.05. The van der Waals surface area contributed by atoms with Crippen molar-refractivity contribution in [3.8, 4) is 5.88 Å². The second kappa shape index (κ2) is 4.81. The molecule has 1 N–H and O–H groups in total. The molecule has 1 rings (SSSR count). The van der Waals surface area contributed by atoms with Crippen LogP contribution in [0.15, 0.2) is 0 Å². The van der Waals surface area contributed by atoms with Gasteiger partial charge in [0.15, 0.2) is 5.15 Å². The first-order valence-corrected chi connectivity index (χ1v) is 4.40. The van der Waals surface area contributed by atoms with Crippen LogP contribution in [0, 0.1) is 0 Å². The van der Waals surface area contributed by atoms with Gasteiger partial charge in [-0.15, -0.1) is 0 Å². The maximum Gasteiger partial charge on any atom is 0.238 e. The highest BCUT2D eigenvalue weighted by atomic mass is 35.5. The predicted octanol–water partition coefficient (Wildman–Crippen LogP) is 1.81. The fourth-order valence-electron chi connectivity index (χ4n) is 0.614. The summed E-state index contributed by atoms with van der Waals surface area (Å²) in [6, 6.07) is 0. The van der Waals surface area contributed by atoms with Crippen molar-refractivity contribution in [1.29, 1.82) is 0 Å². The Morgan fingerprint density at radius 3 is 2.54 bits per heavy atom. The van der Waals surface area contributed by atoms with Gasteiger partial charge in [0.2, 0.25) is 11.2 Å². The van der Waals surface area contributed by atoms with E-state index in [1.807, 2.05) is 0 Å². The van der Waals surface area contributed by atoms with Crippen molar-refractivity contribution in [2.45, 2.75) is 0 Å². The Morgan fingerprint density at radius 1 is 1.23 bits per heavy atom. The SMILES string of the molecule is OCCOc1nc(Cl)nc(Cl)c1Cl. The van der Waals surface area contributed by atoms with Crippen LogP contribution in [0.5, 0.6) is 5.88 Å². The molecular weight excluding hydrogens is 238 g/mol. The van der Waals surface area contributed by atoms with E-state index in [0.717, 1.165) is 0 Å². The van der Waals surface area contributed by atoms with E-state index in [1.165, 1.54) is 0 Å². The molecule has 0 aliphatic rings. The zero-order chi connectivity index (χ0) is 9.84. The number of hydrogen-bond donors (Lipinski definition) is 1. The minimum atomic E-state index is -0.143. The maximum atomic E-state index is 8.48. The van der Waals surface area contributed by atoms with Gasteiger partial charge in [-0.1, -0.05) is 23.2 Å². The lowest BCUT2D eigenvalue weighted by Crippen LogP contribution is -2.04. The summed E-state index contributed by atoms with van der Waals surface area (Å²) in [7, 11) is 0. The van der Waals surface area contributed by atoms with E-state index in [0.29, 0.717) is 0 Å². The number of rotatable bonds is 3. The van der Waals surface area contributed by atoms with Gasteiger partial charge < -0.3 is 9.84 Å². The quantitative estimate of drug-likeness (QED) is 0.650. The highest BCUT2D eigenvalue weighted by molar-refractivity contribution is 6.42. The lowest BCUT2D eigenvalue weighted by atomic mass is 10.6. The molecule has 0 aromatic carbocycles. The Kier molecular flexibility index (Phi) is 3.99. The first kappa shape index (κ1) is 10.8. The van der Waals surface area contributed by atoms with E-state index < -0.39 is 0 Å². The van der Waals surface area contributed by atoms with Crippen molar-refractivity contribution in [1.82, 2.24) is 9.97 Å². The van der Waals surface area contributed by atoms with Gasteiger partial charge >= 0.3 is 0 Å². The van der Waals surface area contributed by atoms with Crippen LogP contribution < -0.4 is 4.74 Å². The van der Waals surface area contributed by atoms with Crippen molar-refractivity contribution in [2.24, 2.45) is 0 Å². The third-order valence-corrected chi connectivity index (χ3v) is 1.96. The van der Waals surface area contributed by atoms with Gasteiger partial charge in [0.05, 0.1) is 6.61 Å². The number of hydrogen-bond acceptors (Lipinski definition) is 4. The number of aliphatic hydroxyl groups excluding tert-OH is 1. The Hall–Kier alpha value is -0.290. The highest BCUT2D eigenvalue weighted by Crippen LogP contribution is 2.29. The zero-order valence-electron chi connectivity index (χ0n) is 6.30. The van der Waals surface area contributed by atoms with Crippen LogP contribution in [0.4, 0.5) is 0 Å². The Labute approximate surface area is 89.4 Å². The Bertz CT molecular complexity index is 308. The van der Waals surface area contributed by atoms with Crippen molar-refractivity contribution in [3.05, 3.63) is 15.5 Å². The first-order valence-electron chi connectivity index (χ1n) is 3.27. The molecule has 0 atom stereocenters. The monoisotopic (exact) mass is 242 g/mol. The largest absolute Gasteiger partial charge is 0.474 e. The highest BCUT2D eigenvalue weighted by Gasteiger charge is 2.10. The van der Waals surface area contributed by atoms with Gasteiger partial charge in [-0.25, -0.2) is 4.98 Å². The third-order valence-electron chi connectivity index (χ3n) is 1.08. The summed E-state index contributed by atoms with van der Waals surface area (Å²) >= 11 is 16.8. The van der Waals surface area contributed by atoms with E-state index >= 15 is 0 Å². The van der Waals surface area contributed by atoms with Crippen LogP contribution in [-0.2, 0) is 0 Å². The van der Waals surface area contributed by atoms with Crippen LogP contribution in [0.3, 0.4) is 0 Å². The van der Waals surface area contributed by atoms with Crippen LogP contribution in [0.25, 0.3) is 0 Å². The fraction of sp³-hybridized carbons (Fsp3) is 0.333. The van der Waals surface area contributed by atoms with Gasteiger partial charge in [-0.05, 0) is 11.6 Å². The van der Waals surface area contributed by atoms with Crippen LogP contribution in [0.2, 0.25) is 15.5 Å². The number of ether oxygens (including phenoxy) is 1. The van der Waals surface area contributed by atoms with Gasteiger partial charge in [0.25, 0.3) is 0 Å². The van der Waals surface area contributed by atoms with Crippen molar-refractivity contribution in [3.63, 3.8) is 0 Å². The fourth-order valence-corrected chi connectivity index (χ4v) is 1.12. The van der Waals surface area contributed by atoms with Crippen LogP contribution in [0.1, 0.15) is 0 Å².